The monoisotopic (exact) mass is 288 g/mol. The molecule has 0 amide bonds. The molecule has 2 saturated heterocycles. The van der Waals surface area contributed by atoms with Gasteiger partial charge in [0.2, 0.25) is 0 Å². The second kappa shape index (κ2) is 5.54. The lowest BCUT2D eigenvalue weighted by Crippen LogP contribution is -2.31. The van der Waals surface area contributed by atoms with Gasteiger partial charge in [-0.1, -0.05) is 0 Å². The fourth-order valence-corrected chi connectivity index (χ4v) is 3.82. The summed E-state index contributed by atoms with van der Waals surface area (Å²) in [5.74, 6) is 3.44. The van der Waals surface area contributed by atoms with E-state index >= 15 is 0 Å². The molecule has 2 atom stereocenters. The zero-order valence-electron chi connectivity index (χ0n) is 12.7. The maximum Gasteiger partial charge on any atom is 0.132 e. The molecular formula is C16H24N4O. The summed E-state index contributed by atoms with van der Waals surface area (Å²) in [7, 11) is 1.78. The van der Waals surface area contributed by atoms with Gasteiger partial charge in [0.1, 0.15) is 12.1 Å². The Morgan fingerprint density at radius 3 is 2.57 bits per heavy atom. The molecule has 0 radical (unpaired) electrons. The molecule has 114 valence electrons. The summed E-state index contributed by atoms with van der Waals surface area (Å²) in [6, 6.07) is 2.22. The molecule has 1 aliphatic carbocycles. The van der Waals surface area contributed by atoms with E-state index < -0.39 is 0 Å². The summed E-state index contributed by atoms with van der Waals surface area (Å²) in [5.41, 5.74) is 1.25. The fourth-order valence-electron chi connectivity index (χ4n) is 3.82. The summed E-state index contributed by atoms with van der Waals surface area (Å²) in [6.07, 6.45) is 4.36. The van der Waals surface area contributed by atoms with Crippen LogP contribution >= 0.6 is 0 Å². The molecule has 2 aliphatic heterocycles. The molecule has 5 nitrogen and oxygen atoms in total. The highest BCUT2D eigenvalue weighted by Gasteiger charge is 2.40. The van der Waals surface area contributed by atoms with E-state index in [1.165, 1.54) is 31.6 Å². The van der Waals surface area contributed by atoms with E-state index in [4.69, 9.17) is 4.74 Å². The van der Waals surface area contributed by atoms with Crippen molar-refractivity contribution >= 4 is 5.82 Å². The van der Waals surface area contributed by atoms with Crippen LogP contribution in [-0.4, -0.2) is 61.3 Å². The van der Waals surface area contributed by atoms with Crippen molar-refractivity contribution in [1.82, 2.24) is 14.9 Å². The van der Waals surface area contributed by atoms with E-state index in [0.29, 0.717) is 5.92 Å². The smallest absolute Gasteiger partial charge is 0.132 e. The fraction of sp³-hybridized carbons (Fsp3) is 0.750. The minimum atomic E-state index is 0.707. The highest BCUT2D eigenvalue weighted by Crippen LogP contribution is 2.40. The van der Waals surface area contributed by atoms with Gasteiger partial charge in [-0.25, -0.2) is 9.97 Å². The molecule has 1 aromatic heterocycles. The van der Waals surface area contributed by atoms with Crippen molar-refractivity contribution in [1.29, 1.82) is 0 Å². The first-order valence-corrected chi connectivity index (χ1v) is 8.11. The highest BCUT2D eigenvalue weighted by atomic mass is 16.5. The van der Waals surface area contributed by atoms with Crippen molar-refractivity contribution in [2.24, 2.45) is 11.8 Å². The van der Waals surface area contributed by atoms with Crippen LogP contribution in [0, 0.1) is 11.8 Å². The zero-order chi connectivity index (χ0) is 14.2. The van der Waals surface area contributed by atoms with Crippen LogP contribution in [0.4, 0.5) is 5.82 Å². The average molecular weight is 288 g/mol. The van der Waals surface area contributed by atoms with Crippen molar-refractivity contribution < 1.29 is 4.74 Å². The molecule has 3 heterocycles. The molecule has 0 spiro atoms. The van der Waals surface area contributed by atoms with Crippen LogP contribution in [0.1, 0.15) is 24.5 Å². The number of ether oxygens (including phenoxy) is 1. The van der Waals surface area contributed by atoms with E-state index in [9.17, 15) is 0 Å². The molecule has 1 saturated carbocycles. The Hall–Kier alpha value is -1.20. The molecule has 2 unspecified atom stereocenters. The van der Waals surface area contributed by atoms with Gasteiger partial charge in [-0.2, -0.15) is 0 Å². The SMILES string of the molecule is COCCN1CC2CN(c3cc(C4CC4)ncn3)CC2C1. The van der Waals surface area contributed by atoms with Crippen molar-refractivity contribution in [2.45, 2.75) is 18.8 Å². The molecular weight excluding hydrogens is 264 g/mol. The van der Waals surface area contributed by atoms with E-state index in [0.717, 1.165) is 43.9 Å². The standard InChI is InChI=1S/C16H24N4O/c1-21-5-4-19-7-13-9-20(10-14(13)8-19)16-6-15(12-2-3-12)17-11-18-16/h6,11-14H,2-5,7-10H2,1H3. The lowest BCUT2D eigenvalue weighted by molar-refractivity contribution is 0.157. The number of hydrogen-bond acceptors (Lipinski definition) is 5. The number of anilines is 1. The molecule has 0 bridgehead atoms. The van der Waals surface area contributed by atoms with Crippen LogP contribution in [0.3, 0.4) is 0 Å². The Morgan fingerprint density at radius 1 is 1.14 bits per heavy atom. The second-order valence-electron chi connectivity index (χ2n) is 6.75. The molecule has 1 aromatic rings. The second-order valence-corrected chi connectivity index (χ2v) is 6.75. The van der Waals surface area contributed by atoms with Gasteiger partial charge < -0.3 is 14.5 Å². The number of likely N-dealkylation sites (tertiary alicyclic amines) is 1. The Labute approximate surface area is 126 Å². The number of aromatic nitrogens is 2. The van der Waals surface area contributed by atoms with Crippen LogP contribution in [0.5, 0.6) is 0 Å². The first kappa shape index (κ1) is 13.5. The van der Waals surface area contributed by atoms with Crippen molar-refractivity contribution in [3.05, 3.63) is 18.1 Å². The van der Waals surface area contributed by atoms with Crippen LogP contribution in [0.15, 0.2) is 12.4 Å². The Bertz CT molecular complexity index is 491. The van der Waals surface area contributed by atoms with Crippen molar-refractivity contribution in [3.63, 3.8) is 0 Å². The summed E-state index contributed by atoms with van der Waals surface area (Å²) < 4.78 is 5.19. The highest BCUT2D eigenvalue weighted by molar-refractivity contribution is 5.42. The maximum atomic E-state index is 5.19. The molecule has 5 heteroatoms. The summed E-state index contributed by atoms with van der Waals surface area (Å²) in [5, 5.41) is 0. The van der Waals surface area contributed by atoms with E-state index in [2.05, 4.69) is 25.8 Å². The summed E-state index contributed by atoms with van der Waals surface area (Å²) in [4.78, 5) is 14.0. The number of hydrogen-bond donors (Lipinski definition) is 0. The summed E-state index contributed by atoms with van der Waals surface area (Å²) in [6.45, 7) is 6.64. The van der Waals surface area contributed by atoms with Gasteiger partial charge in [-0.05, 0) is 24.7 Å². The van der Waals surface area contributed by atoms with Crippen molar-refractivity contribution in [3.8, 4) is 0 Å². The number of methoxy groups -OCH3 is 1. The molecule has 0 N–H and O–H groups in total. The van der Waals surface area contributed by atoms with Gasteiger partial charge in [-0.3, -0.25) is 0 Å². The van der Waals surface area contributed by atoms with E-state index in [-0.39, 0.29) is 0 Å². The molecule has 4 rings (SSSR count). The molecule has 3 aliphatic rings. The largest absolute Gasteiger partial charge is 0.383 e. The predicted octanol–water partition coefficient (Wildman–Crippen LogP) is 1.37. The Morgan fingerprint density at radius 2 is 1.90 bits per heavy atom. The Kier molecular flexibility index (Phi) is 3.55. The molecule has 3 fully saturated rings. The van der Waals surface area contributed by atoms with Crippen LogP contribution in [0.2, 0.25) is 0 Å². The normalized spacial score (nSPS) is 29.1. The third-order valence-corrected chi connectivity index (χ3v) is 5.17. The first-order chi connectivity index (χ1) is 10.3. The third kappa shape index (κ3) is 2.77. The lowest BCUT2D eigenvalue weighted by Gasteiger charge is -2.22. The van der Waals surface area contributed by atoms with E-state index in [1.807, 2.05) is 0 Å². The number of fused-ring (bicyclic) bond motifs is 1. The van der Waals surface area contributed by atoms with Gasteiger partial charge in [0, 0.05) is 57.5 Å². The summed E-state index contributed by atoms with van der Waals surface area (Å²) >= 11 is 0. The van der Waals surface area contributed by atoms with Gasteiger partial charge in [0.15, 0.2) is 0 Å². The zero-order valence-corrected chi connectivity index (χ0v) is 12.7. The minimum Gasteiger partial charge on any atom is -0.383 e. The van der Waals surface area contributed by atoms with Gasteiger partial charge >= 0.3 is 0 Å². The first-order valence-electron chi connectivity index (χ1n) is 8.11. The average Bonchev–Trinajstić information content (AvgIpc) is 3.17. The van der Waals surface area contributed by atoms with E-state index in [1.54, 1.807) is 13.4 Å². The van der Waals surface area contributed by atoms with Crippen LogP contribution in [0.25, 0.3) is 0 Å². The lowest BCUT2D eigenvalue weighted by atomic mass is 10.0. The quantitative estimate of drug-likeness (QED) is 0.818. The number of nitrogens with zero attached hydrogens (tertiary/aromatic N) is 4. The third-order valence-electron chi connectivity index (χ3n) is 5.17. The molecule has 21 heavy (non-hydrogen) atoms. The van der Waals surface area contributed by atoms with Crippen LogP contribution < -0.4 is 4.90 Å². The Balaban J connectivity index is 1.38. The van der Waals surface area contributed by atoms with Gasteiger partial charge in [0.25, 0.3) is 0 Å². The maximum absolute atomic E-state index is 5.19. The van der Waals surface area contributed by atoms with Crippen molar-refractivity contribution in [2.75, 3.05) is 51.3 Å². The predicted molar refractivity (Wildman–Crippen MR) is 81.5 cm³/mol. The van der Waals surface area contributed by atoms with Crippen LogP contribution in [-0.2, 0) is 4.74 Å². The minimum absolute atomic E-state index is 0.707. The number of rotatable bonds is 5. The van der Waals surface area contributed by atoms with Gasteiger partial charge in [0.05, 0.1) is 6.61 Å². The topological polar surface area (TPSA) is 41.5 Å². The molecule has 0 aromatic carbocycles. The van der Waals surface area contributed by atoms with Gasteiger partial charge in [-0.15, -0.1) is 0 Å².